The van der Waals surface area contributed by atoms with Crippen LogP contribution in [0, 0.1) is 29.2 Å². The van der Waals surface area contributed by atoms with E-state index in [1.165, 1.54) is 24.3 Å². The highest BCUT2D eigenvalue weighted by Crippen LogP contribution is 2.42. The van der Waals surface area contributed by atoms with Crippen molar-refractivity contribution in [1.29, 1.82) is 0 Å². The largest absolute Gasteiger partial charge is 0.292 e. The van der Waals surface area contributed by atoms with Gasteiger partial charge in [0.05, 0.1) is 11.3 Å². The number of rotatable bonds is 6. The number of hydrogen-bond donors (Lipinski definition) is 0. The van der Waals surface area contributed by atoms with E-state index in [0.717, 1.165) is 18.4 Å². The molecule has 1 aliphatic heterocycles. The lowest BCUT2D eigenvalue weighted by molar-refractivity contribution is 0.0652. The van der Waals surface area contributed by atoms with Crippen LogP contribution >= 0.6 is 0 Å². The molecule has 1 atom stereocenters. The van der Waals surface area contributed by atoms with Crippen LogP contribution in [0.2, 0.25) is 0 Å². The number of sulfone groups is 1. The first-order valence-corrected chi connectivity index (χ1v) is 12.0. The summed E-state index contributed by atoms with van der Waals surface area (Å²) in [7, 11) is -3.68. The summed E-state index contributed by atoms with van der Waals surface area (Å²) in [5, 5.41) is -1.09. The van der Waals surface area contributed by atoms with E-state index in [1.54, 1.807) is 24.3 Å². The quantitative estimate of drug-likeness (QED) is 0.480. The SMILES string of the molecule is CS(=O)(=O)[C@@H](c1cc(F)cc(F)c1)C1CN(C(c2cccc(F)c2)c2cccc(F)c2)C1. The Kier molecular flexibility index (Phi) is 6.09. The second-order valence-electron chi connectivity index (χ2n) is 8.18. The van der Waals surface area contributed by atoms with Crippen molar-refractivity contribution in [3.8, 4) is 0 Å². The first-order chi connectivity index (χ1) is 15.1. The highest BCUT2D eigenvalue weighted by molar-refractivity contribution is 7.90. The summed E-state index contributed by atoms with van der Waals surface area (Å²) in [6.45, 7) is 0.543. The van der Waals surface area contributed by atoms with E-state index in [4.69, 9.17) is 0 Å². The summed E-state index contributed by atoms with van der Waals surface area (Å²) in [6, 6.07) is 14.2. The molecule has 1 saturated heterocycles. The maximum atomic E-state index is 13.9. The molecular formula is C24H21F4NO2S. The van der Waals surface area contributed by atoms with Gasteiger partial charge in [0.15, 0.2) is 9.84 Å². The normalized spacial score (nSPS) is 16.2. The molecule has 0 radical (unpaired) electrons. The number of halogens is 4. The van der Waals surface area contributed by atoms with Crippen molar-refractivity contribution < 1.29 is 26.0 Å². The number of hydrogen-bond acceptors (Lipinski definition) is 3. The summed E-state index contributed by atoms with van der Waals surface area (Å²) in [6.07, 6.45) is 1.04. The summed E-state index contributed by atoms with van der Waals surface area (Å²) >= 11 is 0. The lowest BCUT2D eigenvalue weighted by Gasteiger charge is -2.47. The van der Waals surface area contributed by atoms with E-state index in [-0.39, 0.29) is 18.7 Å². The molecule has 0 spiro atoms. The summed E-state index contributed by atoms with van der Waals surface area (Å²) < 4.78 is 80.4. The van der Waals surface area contributed by atoms with Gasteiger partial charge in [0, 0.05) is 31.3 Å². The minimum absolute atomic E-state index is 0.0581. The van der Waals surface area contributed by atoms with Gasteiger partial charge < -0.3 is 0 Å². The van der Waals surface area contributed by atoms with E-state index in [1.807, 2.05) is 4.90 Å². The van der Waals surface area contributed by atoms with Crippen molar-refractivity contribution in [3.05, 3.63) is 107 Å². The van der Waals surface area contributed by atoms with Crippen molar-refractivity contribution in [1.82, 2.24) is 4.90 Å². The van der Waals surface area contributed by atoms with E-state index in [0.29, 0.717) is 17.2 Å². The lowest BCUT2D eigenvalue weighted by Crippen LogP contribution is -2.52. The van der Waals surface area contributed by atoms with E-state index in [9.17, 15) is 26.0 Å². The molecule has 1 fully saturated rings. The molecule has 0 saturated carbocycles. The molecule has 0 bridgehead atoms. The Morgan fingerprint density at radius 3 is 1.66 bits per heavy atom. The van der Waals surface area contributed by atoms with Gasteiger partial charge in [-0.05, 0) is 53.1 Å². The van der Waals surface area contributed by atoms with Gasteiger partial charge in [0.1, 0.15) is 23.3 Å². The molecule has 0 N–H and O–H groups in total. The van der Waals surface area contributed by atoms with Gasteiger partial charge in [-0.25, -0.2) is 26.0 Å². The monoisotopic (exact) mass is 463 g/mol. The fraction of sp³-hybridized carbons (Fsp3) is 0.250. The van der Waals surface area contributed by atoms with Crippen molar-refractivity contribution in [2.75, 3.05) is 19.3 Å². The minimum Gasteiger partial charge on any atom is -0.292 e. The first kappa shape index (κ1) is 22.5. The average Bonchev–Trinajstić information content (AvgIpc) is 2.64. The van der Waals surface area contributed by atoms with Crippen LogP contribution in [0.5, 0.6) is 0 Å². The van der Waals surface area contributed by atoms with Crippen molar-refractivity contribution in [2.24, 2.45) is 5.92 Å². The molecule has 0 amide bonds. The molecule has 32 heavy (non-hydrogen) atoms. The Morgan fingerprint density at radius 1 is 0.750 bits per heavy atom. The average molecular weight is 463 g/mol. The van der Waals surface area contributed by atoms with E-state index in [2.05, 4.69) is 0 Å². The zero-order chi connectivity index (χ0) is 23.0. The maximum absolute atomic E-state index is 13.9. The predicted octanol–water partition coefficient (Wildman–Crippen LogP) is 5.05. The van der Waals surface area contributed by atoms with E-state index < -0.39 is 50.3 Å². The van der Waals surface area contributed by atoms with Gasteiger partial charge in [-0.15, -0.1) is 0 Å². The van der Waals surface area contributed by atoms with Gasteiger partial charge in [-0.2, -0.15) is 0 Å². The maximum Gasteiger partial charge on any atom is 0.154 e. The highest BCUT2D eigenvalue weighted by atomic mass is 32.2. The Hall–Kier alpha value is -2.71. The second-order valence-corrected chi connectivity index (χ2v) is 10.3. The van der Waals surface area contributed by atoms with Gasteiger partial charge in [-0.1, -0.05) is 24.3 Å². The Morgan fingerprint density at radius 2 is 1.22 bits per heavy atom. The molecule has 0 unspecified atom stereocenters. The molecule has 3 nitrogen and oxygen atoms in total. The first-order valence-electron chi connectivity index (χ1n) is 10.0. The van der Waals surface area contributed by atoms with Gasteiger partial charge in [0.2, 0.25) is 0 Å². The molecular weight excluding hydrogens is 442 g/mol. The smallest absolute Gasteiger partial charge is 0.154 e. The Bertz CT molecular complexity index is 1180. The Labute approximate surface area is 184 Å². The van der Waals surface area contributed by atoms with Crippen LogP contribution in [0.4, 0.5) is 17.6 Å². The van der Waals surface area contributed by atoms with Crippen LogP contribution in [0.1, 0.15) is 28.0 Å². The van der Waals surface area contributed by atoms with Gasteiger partial charge in [-0.3, -0.25) is 4.90 Å². The van der Waals surface area contributed by atoms with Gasteiger partial charge >= 0.3 is 0 Å². The second kappa shape index (κ2) is 8.67. The third-order valence-corrected chi connectivity index (χ3v) is 7.31. The fourth-order valence-electron chi connectivity index (χ4n) is 4.53. The predicted molar refractivity (Wildman–Crippen MR) is 114 cm³/mol. The molecule has 0 aromatic heterocycles. The summed E-state index contributed by atoms with van der Waals surface area (Å²) in [5.74, 6) is -3.00. The minimum atomic E-state index is -3.68. The molecule has 4 rings (SSSR count). The van der Waals surface area contributed by atoms with Gasteiger partial charge in [0.25, 0.3) is 0 Å². The highest BCUT2D eigenvalue weighted by Gasteiger charge is 2.43. The molecule has 0 aliphatic carbocycles. The Balaban J connectivity index is 1.66. The van der Waals surface area contributed by atoms with Crippen LogP contribution in [0.15, 0.2) is 66.7 Å². The molecule has 1 heterocycles. The van der Waals surface area contributed by atoms with Crippen LogP contribution < -0.4 is 0 Å². The molecule has 8 heteroatoms. The molecule has 3 aromatic carbocycles. The summed E-state index contributed by atoms with van der Waals surface area (Å²) in [5.41, 5.74) is 1.26. The van der Waals surface area contributed by atoms with E-state index >= 15 is 0 Å². The third-order valence-electron chi connectivity index (χ3n) is 5.73. The van der Waals surface area contributed by atoms with Crippen molar-refractivity contribution >= 4 is 9.84 Å². The topological polar surface area (TPSA) is 37.4 Å². The third kappa shape index (κ3) is 4.71. The standard InChI is InChI=1S/C24H21F4NO2S/c1-32(30,31)24(17-10-21(27)12-22(28)11-17)18-13-29(14-18)23(15-4-2-6-19(25)8-15)16-5-3-7-20(26)9-16/h2-12,18,23-24H,13-14H2,1H3/t24-/m0/s1. The van der Waals surface area contributed by atoms with Crippen LogP contribution in [0.25, 0.3) is 0 Å². The van der Waals surface area contributed by atoms with Crippen LogP contribution in [-0.2, 0) is 9.84 Å². The van der Waals surface area contributed by atoms with Crippen molar-refractivity contribution in [2.45, 2.75) is 11.3 Å². The number of nitrogens with zero attached hydrogens (tertiary/aromatic N) is 1. The molecule has 168 valence electrons. The lowest BCUT2D eigenvalue weighted by atomic mass is 9.86. The van der Waals surface area contributed by atoms with Crippen LogP contribution in [0.3, 0.4) is 0 Å². The molecule has 1 aliphatic rings. The van der Waals surface area contributed by atoms with Crippen molar-refractivity contribution in [3.63, 3.8) is 0 Å². The summed E-state index contributed by atoms with van der Waals surface area (Å²) in [4.78, 5) is 1.90. The number of likely N-dealkylation sites (tertiary alicyclic amines) is 1. The fourth-order valence-corrected chi connectivity index (χ4v) is 6.03. The zero-order valence-corrected chi connectivity index (χ0v) is 18.0. The van der Waals surface area contributed by atoms with Crippen LogP contribution in [-0.4, -0.2) is 32.7 Å². The molecule has 3 aromatic rings. The number of benzene rings is 3. The zero-order valence-electron chi connectivity index (χ0n) is 17.2.